The van der Waals surface area contributed by atoms with Gasteiger partial charge in [-0.2, -0.15) is 0 Å². The first-order valence-corrected chi connectivity index (χ1v) is 5.95. The molecule has 2 rings (SSSR count). The van der Waals surface area contributed by atoms with Gasteiger partial charge in [0.15, 0.2) is 4.77 Å². The van der Waals surface area contributed by atoms with Gasteiger partial charge in [-0.05, 0) is 37.9 Å². The molecule has 3 heteroatoms. The molecule has 0 saturated heterocycles. The molecule has 1 aliphatic carbocycles. The van der Waals surface area contributed by atoms with Crippen LogP contribution >= 0.6 is 12.2 Å². The monoisotopic (exact) mass is 210 g/mol. The van der Waals surface area contributed by atoms with E-state index in [1.807, 2.05) is 6.20 Å². The first-order chi connectivity index (χ1) is 6.79. The fourth-order valence-electron chi connectivity index (χ4n) is 2.50. The molecule has 1 N–H and O–H groups in total. The Morgan fingerprint density at radius 3 is 2.71 bits per heavy atom. The molecular formula is C11H18N2S. The van der Waals surface area contributed by atoms with E-state index in [2.05, 4.69) is 22.7 Å². The van der Waals surface area contributed by atoms with Crippen molar-refractivity contribution in [1.82, 2.24) is 9.55 Å². The molecule has 1 aliphatic rings. The zero-order chi connectivity index (χ0) is 9.97. The number of nitrogens with one attached hydrogen (secondary N) is 1. The summed E-state index contributed by atoms with van der Waals surface area (Å²) in [5, 5.41) is 0. The van der Waals surface area contributed by atoms with Gasteiger partial charge in [0, 0.05) is 18.4 Å². The third-order valence-corrected chi connectivity index (χ3v) is 3.78. The van der Waals surface area contributed by atoms with Gasteiger partial charge in [0.25, 0.3) is 0 Å². The van der Waals surface area contributed by atoms with Gasteiger partial charge in [-0.15, -0.1) is 0 Å². The van der Waals surface area contributed by atoms with Gasteiger partial charge < -0.3 is 9.55 Å². The van der Waals surface area contributed by atoms with Crippen molar-refractivity contribution in [2.45, 2.75) is 45.1 Å². The molecule has 0 amide bonds. The van der Waals surface area contributed by atoms with Crippen LogP contribution < -0.4 is 0 Å². The summed E-state index contributed by atoms with van der Waals surface area (Å²) in [5.41, 5.74) is 0. The van der Waals surface area contributed by atoms with E-state index in [1.54, 1.807) is 0 Å². The molecule has 0 spiro atoms. The van der Waals surface area contributed by atoms with Crippen LogP contribution in [0.2, 0.25) is 0 Å². The number of aromatic nitrogens is 2. The summed E-state index contributed by atoms with van der Waals surface area (Å²) in [4.78, 5) is 3.07. The largest absolute Gasteiger partial charge is 0.337 e. The Morgan fingerprint density at radius 1 is 1.43 bits per heavy atom. The van der Waals surface area contributed by atoms with E-state index in [4.69, 9.17) is 12.2 Å². The van der Waals surface area contributed by atoms with Crippen LogP contribution in [-0.4, -0.2) is 9.55 Å². The zero-order valence-corrected chi connectivity index (χ0v) is 9.52. The lowest BCUT2D eigenvalue weighted by Gasteiger charge is -2.28. The fourth-order valence-corrected chi connectivity index (χ4v) is 2.79. The molecule has 0 radical (unpaired) electrons. The number of hydrogen-bond acceptors (Lipinski definition) is 1. The maximum absolute atomic E-state index is 5.24. The first kappa shape index (κ1) is 9.97. The molecule has 78 valence electrons. The summed E-state index contributed by atoms with van der Waals surface area (Å²) in [7, 11) is 0. The van der Waals surface area contributed by atoms with Crippen LogP contribution in [0.15, 0.2) is 12.4 Å². The molecule has 14 heavy (non-hydrogen) atoms. The highest BCUT2D eigenvalue weighted by atomic mass is 32.1. The lowest BCUT2D eigenvalue weighted by atomic mass is 9.84. The van der Waals surface area contributed by atoms with Gasteiger partial charge in [-0.25, -0.2) is 0 Å². The highest BCUT2D eigenvalue weighted by molar-refractivity contribution is 7.71. The molecule has 0 bridgehead atoms. The van der Waals surface area contributed by atoms with Crippen LogP contribution in [0.4, 0.5) is 0 Å². The van der Waals surface area contributed by atoms with E-state index in [0.717, 1.165) is 10.7 Å². The highest BCUT2D eigenvalue weighted by Gasteiger charge is 2.21. The minimum atomic E-state index is 0.564. The molecule has 1 aromatic rings. The zero-order valence-electron chi connectivity index (χ0n) is 8.70. The number of nitrogens with zero attached hydrogens (tertiary/aromatic N) is 1. The predicted molar refractivity (Wildman–Crippen MR) is 60.9 cm³/mol. The Morgan fingerprint density at radius 2 is 2.14 bits per heavy atom. The van der Waals surface area contributed by atoms with Crippen LogP contribution in [0.25, 0.3) is 0 Å². The highest BCUT2D eigenvalue weighted by Crippen LogP contribution is 2.32. The number of hydrogen-bond donors (Lipinski definition) is 1. The maximum atomic E-state index is 5.24. The van der Waals surface area contributed by atoms with Crippen molar-refractivity contribution in [2.24, 2.45) is 5.92 Å². The molecular weight excluding hydrogens is 192 g/mol. The van der Waals surface area contributed by atoms with Crippen molar-refractivity contribution in [2.75, 3.05) is 0 Å². The van der Waals surface area contributed by atoms with Crippen molar-refractivity contribution < 1.29 is 0 Å². The fraction of sp³-hybridized carbons (Fsp3) is 0.727. The van der Waals surface area contributed by atoms with E-state index in [-0.39, 0.29) is 0 Å². The molecule has 0 aromatic carbocycles. The maximum Gasteiger partial charge on any atom is 0.177 e. The molecule has 1 aromatic heterocycles. The van der Waals surface area contributed by atoms with E-state index >= 15 is 0 Å². The third-order valence-electron chi connectivity index (χ3n) is 3.45. The SMILES string of the molecule is CC(C1CCCCC1)n1cc[nH]c1=S. The lowest BCUT2D eigenvalue weighted by molar-refractivity contribution is 0.262. The van der Waals surface area contributed by atoms with Crippen LogP contribution in [0.3, 0.4) is 0 Å². The molecule has 0 aliphatic heterocycles. The average molecular weight is 210 g/mol. The summed E-state index contributed by atoms with van der Waals surface area (Å²) in [5.74, 6) is 0.825. The van der Waals surface area contributed by atoms with Gasteiger partial charge in [0.2, 0.25) is 0 Å². The second-order valence-electron chi connectivity index (χ2n) is 4.31. The Labute approximate surface area is 90.3 Å². The van der Waals surface area contributed by atoms with Crippen molar-refractivity contribution in [3.63, 3.8) is 0 Å². The van der Waals surface area contributed by atoms with Gasteiger partial charge in [0.1, 0.15) is 0 Å². The van der Waals surface area contributed by atoms with E-state index < -0.39 is 0 Å². The minimum Gasteiger partial charge on any atom is -0.337 e. The molecule has 1 heterocycles. The van der Waals surface area contributed by atoms with Crippen molar-refractivity contribution in [3.05, 3.63) is 17.2 Å². The molecule has 1 unspecified atom stereocenters. The quantitative estimate of drug-likeness (QED) is 0.738. The summed E-state index contributed by atoms with van der Waals surface area (Å²) in [6, 6.07) is 0.564. The topological polar surface area (TPSA) is 20.7 Å². The van der Waals surface area contributed by atoms with E-state index in [9.17, 15) is 0 Å². The van der Waals surface area contributed by atoms with Gasteiger partial charge in [0.05, 0.1) is 0 Å². The normalized spacial score (nSPS) is 20.9. The van der Waals surface area contributed by atoms with Crippen molar-refractivity contribution in [3.8, 4) is 0 Å². The minimum absolute atomic E-state index is 0.564. The van der Waals surface area contributed by atoms with E-state index in [0.29, 0.717) is 6.04 Å². The average Bonchev–Trinajstić information content (AvgIpc) is 2.65. The number of rotatable bonds is 2. The lowest BCUT2D eigenvalue weighted by Crippen LogP contribution is -2.18. The van der Waals surface area contributed by atoms with Crippen molar-refractivity contribution >= 4 is 12.2 Å². The summed E-state index contributed by atoms with van der Waals surface area (Å²) < 4.78 is 3.06. The Kier molecular flexibility index (Phi) is 3.06. The Bertz CT molecular complexity index is 333. The smallest absolute Gasteiger partial charge is 0.177 e. The van der Waals surface area contributed by atoms with Gasteiger partial charge in [-0.3, -0.25) is 0 Å². The van der Waals surface area contributed by atoms with E-state index in [1.165, 1.54) is 32.1 Å². The second-order valence-corrected chi connectivity index (χ2v) is 4.70. The standard InChI is InChI=1S/C11H18N2S/c1-9(10-5-3-2-4-6-10)13-8-7-12-11(13)14/h7-10H,2-6H2,1H3,(H,12,14). The summed E-state index contributed by atoms with van der Waals surface area (Å²) in [6.45, 7) is 2.29. The Hall–Kier alpha value is -0.570. The summed E-state index contributed by atoms with van der Waals surface area (Å²) in [6.07, 6.45) is 11.0. The summed E-state index contributed by atoms with van der Waals surface area (Å²) >= 11 is 5.24. The van der Waals surface area contributed by atoms with Crippen LogP contribution in [-0.2, 0) is 0 Å². The molecule has 1 saturated carbocycles. The van der Waals surface area contributed by atoms with Crippen molar-refractivity contribution in [1.29, 1.82) is 0 Å². The van der Waals surface area contributed by atoms with Crippen LogP contribution in [0.5, 0.6) is 0 Å². The number of H-pyrrole nitrogens is 1. The van der Waals surface area contributed by atoms with Gasteiger partial charge in [-0.1, -0.05) is 19.3 Å². The predicted octanol–water partition coefficient (Wildman–Crippen LogP) is 3.69. The molecule has 1 atom stereocenters. The number of imidazole rings is 1. The van der Waals surface area contributed by atoms with Crippen LogP contribution in [0.1, 0.15) is 45.1 Å². The second kappa shape index (κ2) is 4.30. The van der Waals surface area contributed by atoms with Gasteiger partial charge >= 0.3 is 0 Å². The van der Waals surface area contributed by atoms with Crippen LogP contribution in [0, 0.1) is 10.7 Å². The first-order valence-electron chi connectivity index (χ1n) is 5.54. The number of aromatic amines is 1. The molecule has 1 fully saturated rings. The Balaban J connectivity index is 2.11. The molecule has 2 nitrogen and oxygen atoms in total. The third kappa shape index (κ3) is 1.92.